The molecule has 1 aliphatic heterocycles. The number of rotatable bonds is 5. The van der Waals surface area contributed by atoms with E-state index >= 15 is 0 Å². The summed E-state index contributed by atoms with van der Waals surface area (Å²) in [6.07, 6.45) is 7.56. The number of aryl methyl sites for hydroxylation is 1. The van der Waals surface area contributed by atoms with Crippen LogP contribution in [0.4, 0.5) is 0 Å². The lowest BCUT2D eigenvalue weighted by molar-refractivity contribution is 0.203. The van der Waals surface area contributed by atoms with E-state index in [1.54, 1.807) is 0 Å². The van der Waals surface area contributed by atoms with Crippen molar-refractivity contribution >= 4 is 11.3 Å². The lowest BCUT2D eigenvalue weighted by atomic mass is 9.93. The molecule has 2 aromatic heterocycles. The van der Waals surface area contributed by atoms with E-state index in [1.165, 1.54) is 41.5 Å². The second-order valence-electron chi connectivity index (χ2n) is 6.75. The van der Waals surface area contributed by atoms with Gasteiger partial charge in [-0.1, -0.05) is 13.8 Å². The molecule has 0 spiro atoms. The van der Waals surface area contributed by atoms with Crippen LogP contribution in [0.5, 0.6) is 0 Å². The molecule has 0 atom stereocenters. The van der Waals surface area contributed by atoms with E-state index in [0.29, 0.717) is 11.8 Å². The number of likely N-dealkylation sites (tertiary alicyclic amines) is 1. The van der Waals surface area contributed by atoms with Gasteiger partial charge in [0.05, 0.1) is 5.01 Å². The third-order valence-electron chi connectivity index (χ3n) is 4.43. The summed E-state index contributed by atoms with van der Waals surface area (Å²) in [7, 11) is 2.05. The zero-order valence-electron chi connectivity index (χ0n) is 13.8. The molecule has 2 aromatic rings. The highest BCUT2D eigenvalue weighted by molar-refractivity contribution is 7.11. The fourth-order valence-electron chi connectivity index (χ4n) is 3.26. The average molecular weight is 318 g/mol. The van der Waals surface area contributed by atoms with Gasteiger partial charge in [0.15, 0.2) is 0 Å². The smallest absolute Gasteiger partial charge is 0.0930 e. The maximum Gasteiger partial charge on any atom is 0.0930 e. The molecule has 0 N–H and O–H groups in total. The van der Waals surface area contributed by atoms with E-state index in [1.807, 2.05) is 22.2 Å². The van der Waals surface area contributed by atoms with Crippen LogP contribution in [0.15, 0.2) is 18.5 Å². The van der Waals surface area contributed by atoms with Crippen LogP contribution in [0.1, 0.15) is 48.2 Å². The number of nitrogens with zero attached hydrogens (tertiary/aromatic N) is 4. The Hall–Kier alpha value is -1.20. The predicted molar refractivity (Wildman–Crippen MR) is 91.1 cm³/mol. The Morgan fingerprint density at radius 1 is 1.32 bits per heavy atom. The van der Waals surface area contributed by atoms with Gasteiger partial charge in [-0.05, 0) is 37.9 Å². The lowest BCUT2D eigenvalue weighted by Gasteiger charge is -2.31. The van der Waals surface area contributed by atoms with Gasteiger partial charge in [-0.15, -0.1) is 11.3 Å². The molecule has 3 rings (SSSR count). The fourth-order valence-corrected chi connectivity index (χ4v) is 4.43. The molecule has 0 bridgehead atoms. The molecule has 0 radical (unpaired) electrons. The standard InChI is InChI=1S/C17H26N4S/c1-13(2)10-17-18-11-15(22-17)12-21-8-5-14(6-9-21)16-4-7-19-20(16)3/h4,7,11,13-14H,5-6,8-10,12H2,1-3H3. The first-order valence-electron chi connectivity index (χ1n) is 8.25. The first-order valence-corrected chi connectivity index (χ1v) is 9.07. The Morgan fingerprint density at radius 2 is 2.09 bits per heavy atom. The van der Waals surface area contributed by atoms with Crippen molar-refractivity contribution in [1.82, 2.24) is 19.7 Å². The topological polar surface area (TPSA) is 34.0 Å². The van der Waals surface area contributed by atoms with Crippen molar-refractivity contribution in [3.05, 3.63) is 34.0 Å². The van der Waals surface area contributed by atoms with Crippen molar-refractivity contribution in [3.8, 4) is 0 Å². The summed E-state index contributed by atoms with van der Waals surface area (Å²) in [5, 5.41) is 5.59. The molecule has 5 heteroatoms. The number of hydrogen-bond donors (Lipinski definition) is 0. The highest BCUT2D eigenvalue weighted by Gasteiger charge is 2.23. The van der Waals surface area contributed by atoms with Gasteiger partial charge in [0, 0.05) is 48.9 Å². The van der Waals surface area contributed by atoms with Crippen LogP contribution in [-0.2, 0) is 20.0 Å². The van der Waals surface area contributed by atoms with E-state index in [2.05, 4.69) is 48.1 Å². The van der Waals surface area contributed by atoms with Crippen LogP contribution in [0.2, 0.25) is 0 Å². The summed E-state index contributed by atoms with van der Waals surface area (Å²) >= 11 is 1.89. The van der Waals surface area contributed by atoms with Crippen molar-refractivity contribution < 1.29 is 0 Å². The summed E-state index contributed by atoms with van der Waals surface area (Å²) in [6.45, 7) is 7.92. The normalized spacial score (nSPS) is 17.5. The van der Waals surface area contributed by atoms with E-state index < -0.39 is 0 Å². The SMILES string of the molecule is CC(C)Cc1ncc(CN2CCC(c3ccnn3C)CC2)s1. The maximum absolute atomic E-state index is 4.57. The van der Waals surface area contributed by atoms with Gasteiger partial charge in [-0.3, -0.25) is 9.58 Å². The van der Waals surface area contributed by atoms with Gasteiger partial charge in [0.25, 0.3) is 0 Å². The molecule has 22 heavy (non-hydrogen) atoms. The van der Waals surface area contributed by atoms with Gasteiger partial charge in [-0.25, -0.2) is 4.98 Å². The van der Waals surface area contributed by atoms with Crippen LogP contribution < -0.4 is 0 Å². The molecule has 0 aliphatic carbocycles. The summed E-state index contributed by atoms with van der Waals surface area (Å²) in [6, 6.07) is 2.17. The largest absolute Gasteiger partial charge is 0.298 e. The molecule has 120 valence electrons. The summed E-state index contributed by atoms with van der Waals surface area (Å²) in [5.74, 6) is 1.36. The van der Waals surface area contributed by atoms with Crippen LogP contribution in [-0.4, -0.2) is 32.8 Å². The third-order valence-corrected chi connectivity index (χ3v) is 5.43. The van der Waals surface area contributed by atoms with Gasteiger partial charge >= 0.3 is 0 Å². The van der Waals surface area contributed by atoms with Gasteiger partial charge < -0.3 is 0 Å². The summed E-state index contributed by atoms with van der Waals surface area (Å²) in [4.78, 5) is 8.55. The summed E-state index contributed by atoms with van der Waals surface area (Å²) in [5.41, 5.74) is 1.39. The Kier molecular flexibility index (Phi) is 4.93. The van der Waals surface area contributed by atoms with Crippen molar-refractivity contribution in [2.24, 2.45) is 13.0 Å². The number of piperidine rings is 1. The Morgan fingerprint density at radius 3 is 2.73 bits per heavy atom. The molecule has 0 unspecified atom stereocenters. The highest BCUT2D eigenvalue weighted by Crippen LogP contribution is 2.28. The van der Waals surface area contributed by atoms with E-state index in [0.717, 1.165) is 13.0 Å². The number of hydrogen-bond acceptors (Lipinski definition) is 4. The van der Waals surface area contributed by atoms with Crippen LogP contribution >= 0.6 is 11.3 Å². The first-order chi connectivity index (χ1) is 10.6. The van der Waals surface area contributed by atoms with Crippen molar-refractivity contribution in [2.45, 2.75) is 45.6 Å². The molecule has 4 nitrogen and oxygen atoms in total. The second-order valence-corrected chi connectivity index (χ2v) is 7.95. The quantitative estimate of drug-likeness (QED) is 0.846. The van der Waals surface area contributed by atoms with E-state index in [9.17, 15) is 0 Å². The summed E-state index contributed by atoms with van der Waals surface area (Å²) < 4.78 is 2.03. The Balaban J connectivity index is 1.51. The number of aromatic nitrogens is 3. The van der Waals surface area contributed by atoms with Crippen LogP contribution in [0.3, 0.4) is 0 Å². The molecular weight excluding hydrogens is 292 g/mol. The minimum atomic E-state index is 0.668. The minimum absolute atomic E-state index is 0.668. The number of thiazole rings is 1. The van der Waals surface area contributed by atoms with Gasteiger partial charge in [-0.2, -0.15) is 5.10 Å². The first kappa shape index (κ1) is 15.7. The fraction of sp³-hybridized carbons (Fsp3) is 0.647. The Labute approximate surface area is 137 Å². The third kappa shape index (κ3) is 3.76. The zero-order chi connectivity index (χ0) is 15.5. The monoisotopic (exact) mass is 318 g/mol. The molecule has 0 amide bonds. The van der Waals surface area contributed by atoms with Crippen LogP contribution in [0, 0.1) is 5.92 Å². The van der Waals surface area contributed by atoms with E-state index in [4.69, 9.17) is 0 Å². The molecule has 0 saturated carbocycles. The van der Waals surface area contributed by atoms with Crippen molar-refractivity contribution in [2.75, 3.05) is 13.1 Å². The molecule has 1 fully saturated rings. The van der Waals surface area contributed by atoms with Gasteiger partial charge in [0.1, 0.15) is 0 Å². The molecule has 1 saturated heterocycles. The molecule has 1 aliphatic rings. The maximum atomic E-state index is 4.57. The van der Waals surface area contributed by atoms with Crippen molar-refractivity contribution in [3.63, 3.8) is 0 Å². The minimum Gasteiger partial charge on any atom is -0.298 e. The average Bonchev–Trinajstić information content (AvgIpc) is 3.08. The molecule has 3 heterocycles. The highest BCUT2D eigenvalue weighted by atomic mass is 32.1. The molecule has 0 aromatic carbocycles. The molecular formula is C17H26N4S. The van der Waals surface area contributed by atoms with Crippen molar-refractivity contribution in [1.29, 1.82) is 0 Å². The zero-order valence-corrected chi connectivity index (χ0v) is 14.6. The van der Waals surface area contributed by atoms with Gasteiger partial charge in [0.2, 0.25) is 0 Å². The lowest BCUT2D eigenvalue weighted by Crippen LogP contribution is -2.32. The second kappa shape index (κ2) is 6.92. The van der Waals surface area contributed by atoms with Crippen LogP contribution in [0.25, 0.3) is 0 Å². The predicted octanol–water partition coefficient (Wildman–Crippen LogP) is 3.45. The van der Waals surface area contributed by atoms with E-state index in [-0.39, 0.29) is 0 Å². The Bertz CT molecular complexity index is 593.